The number of hydrogen-bond donors (Lipinski definition) is 0. The Morgan fingerprint density at radius 2 is 1.96 bits per heavy atom. The minimum atomic E-state index is -0.0251. The molecule has 4 nitrogen and oxygen atoms in total. The molecule has 0 bridgehead atoms. The minimum Gasteiger partial charge on any atom is -0.337 e. The van der Waals surface area contributed by atoms with Crippen molar-refractivity contribution in [3.05, 3.63) is 69.3 Å². The number of amides is 1. The molecule has 0 saturated carbocycles. The summed E-state index contributed by atoms with van der Waals surface area (Å²) in [5.74, 6) is -0.0251. The maximum Gasteiger partial charge on any atom is 0.265 e. The van der Waals surface area contributed by atoms with Crippen LogP contribution in [0, 0.1) is 6.92 Å². The summed E-state index contributed by atoms with van der Waals surface area (Å²) in [6, 6.07) is 13.6. The third-order valence-corrected chi connectivity index (χ3v) is 5.53. The van der Waals surface area contributed by atoms with Crippen LogP contribution in [0.2, 0.25) is 0 Å². The van der Waals surface area contributed by atoms with Gasteiger partial charge in [-0.05, 0) is 30.7 Å². The normalized spacial score (nSPS) is 10.6. The molecule has 3 rings (SSSR count). The van der Waals surface area contributed by atoms with E-state index >= 15 is 0 Å². The summed E-state index contributed by atoms with van der Waals surface area (Å²) < 4.78 is 1.000. The van der Waals surface area contributed by atoms with Crippen LogP contribution in [0.15, 0.2) is 53.1 Å². The number of rotatable bonds is 4. The van der Waals surface area contributed by atoms with E-state index in [0.717, 1.165) is 26.4 Å². The summed E-state index contributed by atoms with van der Waals surface area (Å²) in [7, 11) is 1.81. The molecule has 6 heteroatoms. The molecule has 0 radical (unpaired) electrons. The molecule has 24 heavy (non-hydrogen) atoms. The van der Waals surface area contributed by atoms with Crippen molar-refractivity contribution >= 4 is 33.2 Å². The van der Waals surface area contributed by atoms with Crippen LogP contribution in [-0.4, -0.2) is 27.8 Å². The monoisotopic (exact) mass is 401 g/mol. The van der Waals surface area contributed by atoms with Gasteiger partial charge in [0.1, 0.15) is 9.88 Å². The van der Waals surface area contributed by atoms with Crippen LogP contribution < -0.4 is 0 Å². The Bertz CT molecular complexity index is 864. The highest BCUT2D eigenvalue weighted by molar-refractivity contribution is 9.10. The summed E-state index contributed by atoms with van der Waals surface area (Å²) in [6.45, 7) is 2.40. The second kappa shape index (κ2) is 7.23. The standard InChI is InChI=1S/C18H16BrN3OS/c1-12-16(24-17(21-12)15-9-5-6-10-20-15)18(23)22(2)11-13-7-3-4-8-14(13)19/h3-10H,11H2,1-2H3. The van der Waals surface area contributed by atoms with Crippen molar-refractivity contribution < 1.29 is 4.79 Å². The van der Waals surface area contributed by atoms with Gasteiger partial charge >= 0.3 is 0 Å². The SMILES string of the molecule is Cc1nc(-c2ccccn2)sc1C(=O)N(C)Cc1ccccc1Br. The van der Waals surface area contributed by atoms with Gasteiger partial charge in [0.05, 0.1) is 11.4 Å². The number of carbonyl (C=O) groups excluding carboxylic acids is 1. The molecule has 0 saturated heterocycles. The molecule has 0 atom stereocenters. The third kappa shape index (κ3) is 3.55. The van der Waals surface area contributed by atoms with Gasteiger partial charge in [-0.25, -0.2) is 4.98 Å². The molecule has 2 aromatic heterocycles. The van der Waals surface area contributed by atoms with Crippen molar-refractivity contribution in [2.24, 2.45) is 0 Å². The number of nitrogens with zero attached hydrogens (tertiary/aromatic N) is 3. The van der Waals surface area contributed by atoms with E-state index in [1.165, 1.54) is 11.3 Å². The lowest BCUT2D eigenvalue weighted by Crippen LogP contribution is -2.26. The Morgan fingerprint density at radius 3 is 2.67 bits per heavy atom. The largest absolute Gasteiger partial charge is 0.337 e. The predicted octanol–water partition coefficient (Wildman–Crippen LogP) is 4.55. The number of benzene rings is 1. The van der Waals surface area contributed by atoms with Crippen LogP contribution in [-0.2, 0) is 6.54 Å². The predicted molar refractivity (Wildman–Crippen MR) is 100 cm³/mol. The summed E-state index contributed by atoms with van der Waals surface area (Å²) in [4.78, 5) is 24.0. The zero-order valence-corrected chi connectivity index (χ0v) is 15.8. The zero-order chi connectivity index (χ0) is 17.1. The quantitative estimate of drug-likeness (QED) is 0.643. The maximum atomic E-state index is 12.8. The smallest absolute Gasteiger partial charge is 0.265 e. The Morgan fingerprint density at radius 1 is 1.21 bits per heavy atom. The third-order valence-electron chi connectivity index (χ3n) is 3.59. The fourth-order valence-electron chi connectivity index (χ4n) is 2.32. The molecule has 0 fully saturated rings. The molecular formula is C18H16BrN3OS. The van der Waals surface area contributed by atoms with Gasteiger partial charge in [-0.3, -0.25) is 9.78 Å². The molecular weight excluding hydrogens is 386 g/mol. The highest BCUT2D eigenvalue weighted by atomic mass is 79.9. The van der Waals surface area contributed by atoms with Gasteiger partial charge in [0.25, 0.3) is 5.91 Å². The molecule has 0 N–H and O–H groups in total. The van der Waals surface area contributed by atoms with Gasteiger partial charge in [-0.2, -0.15) is 0 Å². The van der Waals surface area contributed by atoms with E-state index in [4.69, 9.17) is 0 Å². The topological polar surface area (TPSA) is 46.1 Å². The van der Waals surface area contributed by atoms with Crippen LogP contribution in [0.25, 0.3) is 10.7 Å². The first-order chi connectivity index (χ1) is 11.6. The van der Waals surface area contributed by atoms with E-state index in [-0.39, 0.29) is 5.91 Å². The minimum absolute atomic E-state index is 0.0251. The summed E-state index contributed by atoms with van der Waals surface area (Å²) >= 11 is 4.91. The molecule has 0 unspecified atom stereocenters. The van der Waals surface area contributed by atoms with Crippen LogP contribution in [0.1, 0.15) is 20.9 Å². The van der Waals surface area contributed by atoms with Gasteiger partial charge in [0.15, 0.2) is 0 Å². The van der Waals surface area contributed by atoms with Gasteiger partial charge in [0.2, 0.25) is 0 Å². The second-order valence-corrected chi connectivity index (χ2v) is 7.25. The number of pyridine rings is 1. The summed E-state index contributed by atoms with van der Waals surface area (Å²) in [5, 5.41) is 0.769. The number of halogens is 1. The van der Waals surface area contributed by atoms with Crippen molar-refractivity contribution in [3.8, 4) is 10.7 Å². The Balaban J connectivity index is 1.82. The van der Waals surface area contributed by atoms with Crippen molar-refractivity contribution in [1.29, 1.82) is 0 Å². The summed E-state index contributed by atoms with van der Waals surface area (Å²) in [5.41, 5.74) is 2.60. The highest BCUT2D eigenvalue weighted by Gasteiger charge is 2.20. The lowest BCUT2D eigenvalue weighted by Gasteiger charge is -2.17. The van der Waals surface area contributed by atoms with Crippen molar-refractivity contribution in [3.63, 3.8) is 0 Å². The first kappa shape index (κ1) is 16.8. The Kier molecular flexibility index (Phi) is 5.06. The van der Waals surface area contributed by atoms with E-state index in [0.29, 0.717) is 11.4 Å². The zero-order valence-electron chi connectivity index (χ0n) is 13.4. The van der Waals surface area contributed by atoms with Gasteiger partial charge in [-0.15, -0.1) is 11.3 Å². The van der Waals surface area contributed by atoms with E-state index in [1.54, 1.807) is 18.1 Å². The first-order valence-corrected chi connectivity index (χ1v) is 9.05. The number of carbonyl (C=O) groups is 1. The Labute approximate surface area is 153 Å². The number of aryl methyl sites for hydroxylation is 1. The van der Waals surface area contributed by atoms with Crippen LogP contribution in [0.3, 0.4) is 0 Å². The van der Waals surface area contributed by atoms with Crippen LogP contribution in [0.5, 0.6) is 0 Å². The molecule has 0 spiro atoms. The Hall–Kier alpha value is -2.05. The van der Waals surface area contributed by atoms with E-state index in [9.17, 15) is 4.79 Å². The average molecular weight is 402 g/mol. The molecule has 122 valence electrons. The fourth-order valence-corrected chi connectivity index (χ4v) is 3.77. The molecule has 2 heterocycles. The summed E-state index contributed by atoms with van der Waals surface area (Å²) in [6.07, 6.45) is 1.73. The van der Waals surface area contributed by atoms with Crippen molar-refractivity contribution in [2.75, 3.05) is 7.05 Å². The lowest BCUT2D eigenvalue weighted by molar-refractivity contribution is 0.0788. The van der Waals surface area contributed by atoms with Gasteiger partial charge in [-0.1, -0.05) is 40.2 Å². The molecule has 1 aromatic carbocycles. The highest BCUT2D eigenvalue weighted by Crippen LogP contribution is 2.28. The van der Waals surface area contributed by atoms with E-state index in [2.05, 4.69) is 25.9 Å². The maximum absolute atomic E-state index is 12.8. The van der Waals surface area contributed by atoms with Crippen molar-refractivity contribution in [1.82, 2.24) is 14.9 Å². The lowest BCUT2D eigenvalue weighted by atomic mass is 10.2. The van der Waals surface area contributed by atoms with Crippen LogP contribution in [0.4, 0.5) is 0 Å². The van der Waals surface area contributed by atoms with Gasteiger partial charge in [0, 0.05) is 24.3 Å². The number of thiazole rings is 1. The molecule has 1 amide bonds. The van der Waals surface area contributed by atoms with Crippen LogP contribution >= 0.6 is 27.3 Å². The number of hydrogen-bond acceptors (Lipinski definition) is 4. The van der Waals surface area contributed by atoms with Gasteiger partial charge < -0.3 is 4.90 Å². The fraction of sp³-hybridized carbons (Fsp3) is 0.167. The van der Waals surface area contributed by atoms with E-state index < -0.39 is 0 Å². The molecule has 0 aliphatic heterocycles. The second-order valence-electron chi connectivity index (χ2n) is 5.40. The number of aromatic nitrogens is 2. The molecule has 0 aliphatic carbocycles. The molecule has 3 aromatic rings. The van der Waals surface area contributed by atoms with E-state index in [1.807, 2.05) is 49.4 Å². The average Bonchev–Trinajstić information content (AvgIpc) is 2.99. The van der Waals surface area contributed by atoms with Crippen molar-refractivity contribution in [2.45, 2.75) is 13.5 Å². The molecule has 0 aliphatic rings. The first-order valence-electron chi connectivity index (χ1n) is 7.44.